The molecule has 1 aliphatic carbocycles. The van der Waals surface area contributed by atoms with E-state index in [1.807, 2.05) is 6.07 Å². The first-order chi connectivity index (χ1) is 10.8. The molecule has 3 rings (SSSR count). The summed E-state index contributed by atoms with van der Waals surface area (Å²) in [5, 5.41) is 2.66. The number of rotatable bonds is 4. The summed E-state index contributed by atoms with van der Waals surface area (Å²) in [7, 11) is -3.09. The lowest BCUT2D eigenvalue weighted by molar-refractivity contribution is -0.125. The number of aryl methyl sites for hydroxylation is 2. The zero-order chi connectivity index (χ0) is 16.7. The highest BCUT2D eigenvalue weighted by atomic mass is 32.2. The van der Waals surface area contributed by atoms with Crippen LogP contribution in [0.25, 0.3) is 0 Å². The third-order valence-electron chi connectivity index (χ3n) is 4.23. The molecule has 0 radical (unpaired) electrons. The number of esters is 1. The summed E-state index contributed by atoms with van der Waals surface area (Å²) < 4.78 is 28.1. The molecule has 1 aliphatic heterocycles. The third-order valence-corrected chi connectivity index (χ3v) is 7.35. The van der Waals surface area contributed by atoms with Crippen molar-refractivity contribution in [2.24, 2.45) is 0 Å². The van der Waals surface area contributed by atoms with E-state index < -0.39 is 33.9 Å². The highest BCUT2D eigenvalue weighted by Crippen LogP contribution is 2.31. The summed E-state index contributed by atoms with van der Waals surface area (Å²) >= 11 is 1.43. The van der Waals surface area contributed by atoms with Gasteiger partial charge >= 0.3 is 5.97 Å². The minimum absolute atomic E-state index is 0.0721. The molecule has 1 aromatic rings. The summed E-state index contributed by atoms with van der Waals surface area (Å²) in [6, 6.07) is 1.85. The number of hydrogen-bond acceptors (Lipinski definition) is 6. The first-order valence-electron chi connectivity index (χ1n) is 7.57. The van der Waals surface area contributed by atoms with Gasteiger partial charge in [-0.05, 0) is 44.2 Å². The number of sulfone groups is 1. The van der Waals surface area contributed by atoms with Crippen LogP contribution < -0.4 is 5.32 Å². The predicted octanol–water partition coefficient (Wildman–Crippen LogP) is 1.09. The normalized spacial score (nSPS) is 25.1. The van der Waals surface area contributed by atoms with Crippen LogP contribution in [0.3, 0.4) is 0 Å². The second-order valence-electron chi connectivity index (χ2n) is 6.44. The molecule has 0 saturated carbocycles. The van der Waals surface area contributed by atoms with E-state index in [1.165, 1.54) is 21.8 Å². The van der Waals surface area contributed by atoms with Crippen LogP contribution in [0, 0.1) is 0 Å². The molecule has 1 amide bonds. The van der Waals surface area contributed by atoms with Gasteiger partial charge in [0.05, 0.1) is 17.0 Å². The molecule has 1 saturated heterocycles. The van der Waals surface area contributed by atoms with Gasteiger partial charge in [-0.3, -0.25) is 4.79 Å². The van der Waals surface area contributed by atoms with Gasteiger partial charge in [-0.25, -0.2) is 13.2 Å². The summed E-state index contributed by atoms with van der Waals surface area (Å²) in [6.07, 6.45) is 3.50. The smallest absolute Gasteiger partial charge is 0.348 e. The van der Waals surface area contributed by atoms with Gasteiger partial charge < -0.3 is 10.1 Å². The maximum absolute atomic E-state index is 12.0. The molecule has 0 spiro atoms. The number of carbonyl (C=O) groups is 2. The molecule has 1 atom stereocenters. The maximum atomic E-state index is 12.0. The highest BCUT2D eigenvalue weighted by molar-refractivity contribution is 7.91. The molecular weight excluding hydrogens is 338 g/mol. The topological polar surface area (TPSA) is 89.5 Å². The number of carbonyl (C=O) groups excluding carboxylic acids is 2. The van der Waals surface area contributed by atoms with Crippen LogP contribution >= 0.6 is 11.3 Å². The van der Waals surface area contributed by atoms with Crippen molar-refractivity contribution in [3.8, 4) is 0 Å². The lowest BCUT2D eigenvalue weighted by atomic mass is 10.0. The largest absolute Gasteiger partial charge is 0.451 e. The van der Waals surface area contributed by atoms with Crippen molar-refractivity contribution < 1.29 is 22.7 Å². The van der Waals surface area contributed by atoms with Crippen LogP contribution in [0.5, 0.6) is 0 Å². The Morgan fingerprint density at radius 3 is 2.83 bits per heavy atom. The molecule has 1 N–H and O–H groups in total. The van der Waals surface area contributed by atoms with Gasteiger partial charge in [0.25, 0.3) is 5.91 Å². The zero-order valence-corrected chi connectivity index (χ0v) is 14.5. The number of nitrogens with one attached hydrogen (secondary N) is 1. The van der Waals surface area contributed by atoms with Crippen molar-refractivity contribution in [2.45, 2.75) is 38.1 Å². The molecule has 0 aromatic carbocycles. The quantitative estimate of drug-likeness (QED) is 0.815. The van der Waals surface area contributed by atoms with Crippen LogP contribution in [0.4, 0.5) is 0 Å². The van der Waals surface area contributed by atoms with Crippen LogP contribution in [-0.4, -0.2) is 43.9 Å². The Hall–Kier alpha value is -1.41. The molecule has 8 heteroatoms. The van der Waals surface area contributed by atoms with Crippen molar-refractivity contribution in [1.82, 2.24) is 5.32 Å². The summed E-state index contributed by atoms with van der Waals surface area (Å²) in [5.41, 5.74) is 0.432. The fraction of sp³-hybridized carbons (Fsp3) is 0.600. The van der Waals surface area contributed by atoms with Gasteiger partial charge in [0.2, 0.25) is 0 Å². The predicted molar refractivity (Wildman–Crippen MR) is 86.4 cm³/mol. The van der Waals surface area contributed by atoms with Crippen molar-refractivity contribution in [2.75, 3.05) is 18.1 Å². The fourth-order valence-corrected chi connectivity index (χ4v) is 6.35. The Morgan fingerprint density at radius 2 is 2.17 bits per heavy atom. The molecular formula is C15H19NO5S2. The van der Waals surface area contributed by atoms with Gasteiger partial charge in [-0.1, -0.05) is 0 Å². The summed E-state index contributed by atoms with van der Waals surface area (Å²) in [4.78, 5) is 25.6. The number of amides is 1. The molecule has 1 aromatic heterocycles. The van der Waals surface area contributed by atoms with Crippen LogP contribution in [-0.2, 0) is 32.2 Å². The van der Waals surface area contributed by atoms with E-state index in [1.54, 1.807) is 6.92 Å². The molecule has 6 nitrogen and oxygen atoms in total. The van der Waals surface area contributed by atoms with Crippen molar-refractivity contribution in [1.29, 1.82) is 0 Å². The van der Waals surface area contributed by atoms with E-state index in [2.05, 4.69) is 5.32 Å². The van der Waals surface area contributed by atoms with Gasteiger partial charge in [-0.15, -0.1) is 11.3 Å². The van der Waals surface area contributed by atoms with Crippen molar-refractivity contribution in [3.05, 3.63) is 21.4 Å². The monoisotopic (exact) mass is 357 g/mol. The van der Waals surface area contributed by atoms with Crippen LogP contribution in [0.2, 0.25) is 0 Å². The van der Waals surface area contributed by atoms with Crippen molar-refractivity contribution in [3.63, 3.8) is 0 Å². The number of thiophene rings is 1. The Labute approximate surface area is 139 Å². The maximum Gasteiger partial charge on any atom is 0.348 e. The fourth-order valence-electron chi connectivity index (χ4n) is 3.11. The zero-order valence-electron chi connectivity index (χ0n) is 12.9. The van der Waals surface area contributed by atoms with Gasteiger partial charge in [0.1, 0.15) is 4.88 Å². The molecule has 2 heterocycles. The standard InChI is InChI=1S/C15H19NO5S2/c1-15(5-6-23(19,20)9-15)16-13(17)8-21-14(18)12-7-10-3-2-4-11(10)22-12/h7H,2-6,8-9H2,1H3,(H,16,17)/t15-/m0/s1. The van der Waals surface area contributed by atoms with E-state index in [9.17, 15) is 18.0 Å². The van der Waals surface area contributed by atoms with Crippen molar-refractivity contribution >= 4 is 33.1 Å². The number of fused-ring (bicyclic) bond motifs is 1. The van der Waals surface area contributed by atoms with Gasteiger partial charge in [-0.2, -0.15) is 0 Å². The molecule has 0 bridgehead atoms. The highest BCUT2D eigenvalue weighted by Gasteiger charge is 2.39. The van der Waals surface area contributed by atoms with Crippen LogP contribution in [0.15, 0.2) is 6.07 Å². The average Bonchev–Trinajstić information content (AvgIpc) is 3.09. The minimum Gasteiger partial charge on any atom is -0.451 e. The molecule has 2 aliphatic rings. The molecule has 126 valence electrons. The molecule has 1 fully saturated rings. The SMILES string of the molecule is C[C@]1(NC(=O)COC(=O)c2cc3c(s2)CCC3)CCS(=O)(=O)C1. The van der Waals surface area contributed by atoms with E-state index in [4.69, 9.17) is 4.74 Å². The lowest BCUT2D eigenvalue weighted by Crippen LogP contribution is -2.48. The van der Waals surface area contributed by atoms with E-state index in [0.29, 0.717) is 11.3 Å². The third kappa shape index (κ3) is 3.74. The van der Waals surface area contributed by atoms with E-state index in [0.717, 1.165) is 19.3 Å². The summed E-state index contributed by atoms with van der Waals surface area (Å²) in [5.74, 6) is -0.965. The molecule has 23 heavy (non-hydrogen) atoms. The Bertz CT molecular complexity index is 730. The Morgan fingerprint density at radius 1 is 1.39 bits per heavy atom. The second-order valence-corrected chi connectivity index (χ2v) is 9.76. The van der Waals surface area contributed by atoms with Gasteiger partial charge in [0.15, 0.2) is 16.4 Å². The van der Waals surface area contributed by atoms with Gasteiger partial charge in [0, 0.05) is 4.88 Å². The molecule has 0 unspecified atom stereocenters. The lowest BCUT2D eigenvalue weighted by Gasteiger charge is -2.23. The second kappa shape index (κ2) is 5.90. The average molecular weight is 357 g/mol. The number of ether oxygens (including phenoxy) is 1. The minimum atomic E-state index is -3.09. The first-order valence-corrected chi connectivity index (χ1v) is 10.2. The van der Waals surface area contributed by atoms with E-state index >= 15 is 0 Å². The van der Waals surface area contributed by atoms with Crippen LogP contribution in [0.1, 0.15) is 39.9 Å². The van der Waals surface area contributed by atoms with E-state index in [-0.39, 0.29) is 11.5 Å². The first kappa shape index (κ1) is 16.4. The summed E-state index contributed by atoms with van der Waals surface area (Å²) in [6.45, 7) is 1.30. The Balaban J connectivity index is 1.51. The number of hydrogen-bond donors (Lipinski definition) is 1. The Kier molecular flexibility index (Phi) is 4.22.